The molecule has 6 rings (SSSR count). The molecular formula is C32H52O4. The summed E-state index contributed by atoms with van der Waals surface area (Å²) in [5, 5.41) is 0. The van der Waals surface area contributed by atoms with Crippen molar-refractivity contribution in [3.8, 4) is 0 Å². The van der Waals surface area contributed by atoms with Crippen molar-refractivity contribution >= 4 is 5.97 Å². The molecule has 0 aromatic heterocycles. The fraction of sp³-hybridized carbons (Fsp3) is 0.969. The molecule has 0 bridgehead atoms. The van der Waals surface area contributed by atoms with Gasteiger partial charge in [-0.1, -0.05) is 41.0 Å². The molecule has 0 aromatic rings. The third kappa shape index (κ3) is 3.85. The lowest BCUT2D eigenvalue weighted by Gasteiger charge is -2.61. The van der Waals surface area contributed by atoms with Crippen LogP contribution in [0.3, 0.4) is 0 Å². The molecule has 2 aliphatic heterocycles. The van der Waals surface area contributed by atoms with Crippen molar-refractivity contribution in [3.05, 3.63) is 0 Å². The van der Waals surface area contributed by atoms with E-state index in [9.17, 15) is 4.79 Å². The maximum atomic E-state index is 12.3. The number of hydrogen-bond donors (Lipinski definition) is 0. The van der Waals surface area contributed by atoms with Gasteiger partial charge in [-0.2, -0.15) is 0 Å². The number of esters is 1. The van der Waals surface area contributed by atoms with E-state index in [4.69, 9.17) is 14.2 Å². The summed E-state index contributed by atoms with van der Waals surface area (Å²) >= 11 is 0. The Hall–Kier alpha value is -0.610. The highest BCUT2D eigenvalue weighted by Crippen LogP contribution is 2.71. The Kier molecular flexibility index (Phi) is 6.59. The van der Waals surface area contributed by atoms with E-state index in [2.05, 4.69) is 34.6 Å². The molecule has 0 radical (unpaired) electrons. The summed E-state index contributed by atoms with van der Waals surface area (Å²) in [5.74, 6) is 4.76. The zero-order valence-corrected chi connectivity index (χ0v) is 23.7. The van der Waals surface area contributed by atoms with Crippen LogP contribution in [0.4, 0.5) is 0 Å². The highest BCUT2D eigenvalue weighted by molar-refractivity contribution is 5.69. The van der Waals surface area contributed by atoms with Crippen molar-refractivity contribution in [2.45, 2.75) is 136 Å². The average Bonchev–Trinajstić information content (AvgIpc) is 3.30. The molecule has 2 saturated heterocycles. The number of carbonyl (C=O) groups is 1. The maximum absolute atomic E-state index is 12.3. The third-order valence-electron chi connectivity index (χ3n) is 12.9. The Bertz CT molecular complexity index is 832. The minimum absolute atomic E-state index is 0.0355. The van der Waals surface area contributed by atoms with Gasteiger partial charge in [-0.3, -0.25) is 4.79 Å². The number of rotatable bonds is 4. The van der Waals surface area contributed by atoms with Gasteiger partial charge < -0.3 is 14.2 Å². The first kappa shape index (κ1) is 25.7. The van der Waals surface area contributed by atoms with Crippen molar-refractivity contribution < 1.29 is 19.0 Å². The van der Waals surface area contributed by atoms with E-state index in [1.807, 2.05) is 0 Å². The number of unbranched alkanes of at least 4 members (excludes halogenated alkanes) is 1. The largest absolute Gasteiger partial charge is 0.462 e. The molecule has 36 heavy (non-hydrogen) atoms. The summed E-state index contributed by atoms with van der Waals surface area (Å²) in [6, 6.07) is 0. The quantitative estimate of drug-likeness (QED) is 0.374. The molecule has 4 saturated carbocycles. The summed E-state index contributed by atoms with van der Waals surface area (Å²) in [7, 11) is 0. The number of fused-ring (bicyclic) bond motifs is 7. The minimum atomic E-state index is -0.302. The van der Waals surface area contributed by atoms with Crippen molar-refractivity contribution in [2.24, 2.45) is 52.3 Å². The lowest BCUT2D eigenvalue weighted by atomic mass is 9.44. The lowest BCUT2D eigenvalue weighted by molar-refractivity contribution is -0.273. The molecule has 0 N–H and O–H groups in total. The molecule has 6 aliphatic rings. The van der Waals surface area contributed by atoms with Crippen LogP contribution < -0.4 is 0 Å². The SMILES string of the molecule is CCCCC(=O)O[C@@H]1CC[C@@]2(C)[C@H](CC[C@@H]3[C@H]2CC[C@]2(C)[C@@H]4[C@H](C[C@H]32)O[C@]2(CC[C@@H](C)CO2)[C@H]4C)C1. The number of hydrogen-bond acceptors (Lipinski definition) is 4. The van der Waals surface area contributed by atoms with Crippen LogP contribution in [0.2, 0.25) is 0 Å². The fourth-order valence-electron chi connectivity index (χ4n) is 10.9. The van der Waals surface area contributed by atoms with Crippen LogP contribution in [0.15, 0.2) is 0 Å². The van der Waals surface area contributed by atoms with Gasteiger partial charge in [-0.05, 0) is 111 Å². The standard InChI is InChI=1S/C32H52O4/c1-6-7-8-28(33)35-23-12-14-30(4)22(17-23)9-10-24-25(30)13-15-31(5)26(24)18-27-29(31)21(3)32(36-27)16-11-20(2)19-34-32/h20-27,29H,6-19H2,1-5H3/t20-,21+,22-,23-,24-,25-,26-,27+,29+,30+,31+,32-/m1/s1. The molecule has 0 amide bonds. The summed E-state index contributed by atoms with van der Waals surface area (Å²) in [4.78, 5) is 12.3. The molecular weight excluding hydrogens is 448 g/mol. The molecule has 4 aliphatic carbocycles. The van der Waals surface area contributed by atoms with Crippen LogP contribution in [-0.2, 0) is 19.0 Å². The molecule has 0 unspecified atom stereocenters. The van der Waals surface area contributed by atoms with Crippen molar-refractivity contribution in [1.82, 2.24) is 0 Å². The van der Waals surface area contributed by atoms with E-state index in [0.29, 0.717) is 41.1 Å². The minimum Gasteiger partial charge on any atom is -0.462 e. The van der Waals surface area contributed by atoms with Crippen LogP contribution in [0.5, 0.6) is 0 Å². The molecule has 0 aromatic carbocycles. The highest BCUT2D eigenvalue weighted by atomic mass is 16.7. The van der Waals surface area contributed by atoms with Crippen LogP contribution in [0.25, 0.3) is 0 Å². The Labute approximate surface area is 220 Å². The third-order valence-corrected chi connectivity index (χ3v) is 12.9. The van der Waals surface area contributed by atoms with Crippen LogP contribution in [-0.4, -0.2) is 30.6 Å². The van der Waals surface area contributed by atoms with Gasteiger partial charge in [0.1, 0.15) is 6.10 Å². The highest BCUT2D eigenvalue weighted by Gasteiger charge is 2.69. The summed E-state index contributed by atoms with van der Waals surface area (Å²) in [6.45, 7) is 13.0. The predicted molar refractivity (Wildman–Crippen MR) is 141 cm³/mol. The first-order valence-corrected chi connectivity index (χ1v) is 15.7. The van der Waals surface area contributed by atoms with E-state index < -0.39 is 0 Å². The van der Waals surface area contributed by atoms with Crippen LogP contribution in [0, 0.1) is 52.3 Å². The molecule has 6 fully saturated rings. The first-order chi connectivity index (χ1) is 17.2. The first-order valence-electron chi connectivity index (χ1n) is 15.7. The van der Waals surface area contributed by atoms with E-state index in [1.54, 1.807) is 0 Å². The Balaban J connectivity index is 1.15. The molecule has 12 atom stereocenters. The topological polar surface area (TPSA) is 44.8 Å². The molecule has 2 heterocycles. The number of ether oxygens (including phenoxy) is 3. The smallest absolute Gasteiger partial charge is 0.306 e. The zero-order chi connectivity index (χ0) is 25.3. The second-order valence-corrected chi connectivity index (χ2v) is 14.7. The van der Waals surface area contributed by atoms with Crippen molar-refractivity contribution in [2.75, 3.05) is 6.61 Å². The Morgan fingerprint density at radius 2 is 1.75 bits per heavy atom. The van der Waals surface area contributed by atoms with E-state index in [0.717, 1.165) is 62.4 Å². The molecule has 4 nitrogen and oxygen atoms in total. The van der Waals surface area contributed by atoms with Gasteiger partial charge in [0.05, 0.1) is 12.7 Å². The van der Waals surface area contributed by atoms with E-state index in [1.165, 1.54) is 44.9 Å². The van der Waals surface area contributed by atoms with E-state index >= 15 is 0 Å². The van der Waals surface area contributed by atoms with Gasteiger partial charge in [-0.15, -0.1) is 0 Å². The van der Waals surface area contributed by atoms with Gasteiger partial charge in [-0.25, -0.2) is 0 Å². The van der Waals surface area contributed by atoms with Gasteiger partial charge in [0.15, 0.2) is 5.79 Å². The summed E-state index contributed by atoms with van der Waals surface area (Å²) in [6.07, 6.45) is 15.6. The summed E-state index contributed by atoms with van der Waals surface area (Å²) < 4.78 is 19.4. The second kappa shape index (κ2) is 9.25. The van der Waals surface area contributed by atoms with Gasteiger partial charge in [0.2, 0.25) is 0 Å². The zero-order valence-electron chi connectivity index (χ0n) is 23.7. The Morgan fingerprint density at radius 3 is 2.50 bits per heavy atom. The molecule has 4 heteroatoms. The summed E-state index contributed by atoms with van der Waals surface area (Å²) in [5.41, 5.74) is 0.820. The number of carbonyl (C=O) groups excluding carboxylic acids is 1. The second-order valence-electron chi connectivity index (χ2n) is 14.7. The van der Waals surface area contributed by atoms with Crippen LogP contribution >= 0.6 is 0 Å². The predicted octanol–water partition coefficient (Wildman–Crippen LogP) is 7.53. The fourth-order valence-corrected chi connectivity index (χ4v) is 10.9. The van der Waals surface area contributed by atoms with Gasteiger partial charge >= 0.3 is 5.97 Å². The van der Waals surface area contributed by atoms with Crippen molar-refractivity contribution in [1.29, 1.82) is 0 Å². The van der Waals surface area contributed by atoms with Crippen molar-refractivity contribution in [3.63, 3.8) is 0 Å². The molecule has 1 spiro atoms. The maximum Gasteiger partial charge on any atom is 0.306 e. The van der Waals surface area contributed by atoms with E-state index in [-0.39, 0.29) is 17.9 Å². The monoisotopic (exact) mass is 500 g/mol. The average molecular weight is 501 g/mol. The lowest BCUT2D eigenvalue weighted by Crippen LogP contribution is -2.55. The van der Waals surface area contributed by atoms with Crippen LogP contribution in [0.1, 0.15) is 118 Å². The Morgan fingerprint density at radius 1 is 0.944 bits per heavy atom. The van der Waals surface area contributed by atoms with Gasteiger partial charge in [0.25, 0.3) is 0 Å². The normalized spacial score (nSPS) is 53.9. The molecule has 204 valence electrons. The van der Waals surface area contributed by atoms with Gasteiger partial charge in [0, 0.05) is 18.8 Å².